The van der Waals surface area contributed by atoms with Crippen LogP contribution in [-0.2, 0) is 11.2 Å². The average Bonchev–Trinajstić information content (AvgIpc) is 2.29. The van der Waals surface area contributed by atoms with Gasteiger partial charge in [-0.05, 0) is 18.6 Å². The second-order valence-corrected chi connectivity index (χ2v) is 3.34. The summed E-state index contributed by atoms with van der Waals surface area (Å²) in [6.07, 6.45) is 2.81. The Labute approximate surface area is 91.3 Å². The first-order valence-electron chi connectivity index (χ1n) is 4.98. The van der Waals surface area contributed by atoms with Gasteiger partial charge in [0.05, 0.1) is 12.9 Å². The van der Waals surface area contributed by atoms with Gasteiger partial charge in [0.15, 0.2) is 0 Å². The second kappa shape index (κ2) is 6.02. The maximum atomic E-state index is 5.10. The van der Waals surface area contributed by atoms with Crippen molar-refractivity contribution in [2.24, 2.45) is 4.99 Å². The molecule has 2 nitrogen and oxygen atoms in total. The van der Waals surface area contributed by atoms with Gasteiger partial charge in [0.1, 0.15) is 0 Å². The maximum Gasteiger partial charge on any atom is 0.0942 e. The van der Waals surface area contributed by atoms with Crippen LogP contribution in [0.5, 0.6) is 0 Å². The molecule has 0 radical (unpaired) electrons. The van der Waals surface area contributed by atoms with Crippen LogP contribution in [0.1, 0.15) is 12.5 Å². The van der Waals surface area contributed by atoms with Gasteiger partial charge in [-0.3, -0.25) is 4.99 Å². The summed E-state index contributed by atoms with van der Waals surface area (Å²) >= 11 is 0. The summed E-state index contributed by atoms with van der Waals surface area (Å²) in [5, 5.41) is 0. The van der Waals surface area contributed by atoms with Crippen LogP contribution in [0.4, 0.5) is 0 Å². The molecule has 0 amide bonds. The predicted octanol–water partition coefficient (Wildman–Crippen LogP) is 2.85. The minimum atomic E-state index is 0.845. The van der Waals surface area contributed by atoms with Crippen molar-refractivity contribution in [1.29, 1.82) is 0 Å². The van der Waals surface area contributed by atoms with Gasteiger partial charge in [0, 0.05) is 19.2 Å². The molecule has 1 aromatic rings. The Hall–Kier alpha value is -1.57. The third-order valence-electron chi connectivity index (χ3n) is 2.21. The highest BCUT2D eigenvalue weighted by Crippen LogP contribution is 2.03. The lowest BCUT2D eigenvalue weighted by atomic mass is 10.1. The third kappa shape index (κ3) is 3.98. The van der Waals surface area contributed by atoms with Crippen LogP contribution in [0.3, 0.4) is 0 Å². The minimum Gasteiger partial charge on any atom is -0.501 e. The van der Waals surface area contributed by atoms with Gasteiger partial charge in [-0.25, -0.2) is 0 Å². The smallest absolute Gasteiger partial charge is 0.0942 e. The van der Waals surface area contributed by atoms with Gasteiger partial charge in [-0.15, -0.1) is 0 Å². The van der Waals surface area contributed by atoms with Crippen LogP contribution >= 0.6 is 0 Å². The molecule has 0 saturated heterocycles. The zero-order valence-electron chi connectivity index (χ0n) is 9.53. The summed E-state index contributed by atoms with van der Waals surface area (Å²) in [5.41, 5.74) is 2.29. The molecule has 2 heteroatoms. The molecular formula is C13H17NO. The second-order valence-electron chi connectivity index (χ2n) is 3.34. The quantitative estimate of drug-likeness (QED) is 0.544. The van der Waals surface area contributed by atoms with E-state index in [0.717, 1.165) is 17.9 Å². The fourth-order valence-corrected chi connectivity index (χ4v) is 1.29. The summed E-state index contributed by atoms with van der Waals surface area (Å²) in [7, 11) is 3.47. The van der Waals surface area contributed by atoms with E-state index in [0.29, 0.717) is 0 Å². The van der Waals surface area contributed by atoms with Gasteiger partial charge in [-0.1, -0.05) is 30.3 Å². The lowest BCUT2D eigenvalue weighted by Gasteiger charge is -2.03. The van der Waals surface area contributed by atoms with E-state index in [1.165, 1.54) is 5.56 Å². The van der Waals surface area contributed by atoms with Crippen molar-refractivity contribution in [3.63, 3.8) is 0 Å². The zero-order valence-corrected chi connectivity index (χ0v) is 9.53. The maximum absolute atomic E-state index is 5.10. The van der Waals surface area contributed by atoms with E-state index in [4.69, 9.17) is 4.74 Å². The monoisotopic (exact) mass is 203 g/mol. The predicted molar refractivity (Wildman–Crippen MR) is 64.3 cm³/mol. The Morgan fingerprint density at radius 2 is 2.00 bits per heavy atom. The Kier molecular flexibility index (Phi) is 4.61. The van der Waals surface area contributed by atoms with Crippen molar-refractivity contribution in [2.45, 2.75) is 13.3 Å². The Bertz CT molecular complexity index is 352. The van der Waals surface area contributed by atoms with Crippen LogP contribution in [0.15, 0.2) is 47.2 Å². The summed E-state index contributed by atoms with van der Waals surface area (Å²) in [5.74, 6) is 0.881. The minimum absolute atomic E-state index is 0.845. The van der Waals surface area contributed by atoms with Gasteiger partial charge >= 0.3 is 0 Å². The van der Waals surface area contributed by atoms with Crippen LogP contribution in [-0.4, -0.2) is 19.9 Å². The SMILES string of the molecule is CN=C(/C=C(/C)OC)Cc1ccccc1. The molecule has 0 unspecified atom stereocenters. The molecule has 0 atom stereocenters. The van der Waals surface area contributed by atoms with E-state index in [2.05, 4.69) is 17.1 Å². The van der Waals surface area contributed by atoms with Crippen molar-refractivity contribution in [2.75, 3.05) is 14.2 Å². The van der Waals surface area contributed by atoms with Crippen molar-refractivity contribution in [1.82, 2.24) is 0 Å². The van der Waals surface area contributed by atoms with E-state index in [1.807, 2.05) is 31.2 Å². The highest BCUT2D eigenvalue weighted by molar-refractivity contribution is 5.96. The first-order chi connectivity index (χ1) is 7.26. The highest BCUT2D eigenvalue weighted by Gasteiger charge is 1.98. The van der Waals surface area contributed by atoms with Crippen LogP contribution in [0.25, 0.3) is 0 Å². The van der Waals surface area contributed by atoms with Gasteiger partial charge in [0.2, 0.25) is 0 Å². The number of hydrogen-bond donors (Lipinski definition) is 0. The molecule has 0 aliphatic carbocycles. The molecule has 0 aromatic heterocycles. The molecule has 80 valence electrons. The third-order valence-corrected chi connectivity index (χ3v) is 2.21. The molecule has 1 aromatic carbocycles. The van der Waals surface area contributed by atoms with Crippen LogP contribution in [0, 0.1) is 0 Å². The van der Waals surface area contributed by atoms with Crippen LogP contribution < -0.4 is 0 Å². The number of rotatable bonds is 4. The summed E-state index contributed by atoms with van der Waals surface area (Å²) in [4.78, 5) is 4.23. The number of benzene rings is 1. The normalized spacial score (nSPS) is 12.7. The number of aliphatic imine (C=N–C) groups is 1. The van der Waals surface area contributed by atoms with E-state index >= 15 is 0 Å². The van der Waals surface area contributed by atoms with Gasteiger partial charge in [0.25, 0.3) is 0 Å². The summed E-state index contributed by atoms with van der Waals surface area (Å²) in [6, 6.07) is 10.3. The molecule has 0 heterocycles. The number of ether oxygens (including phenoxy) is 1. The van der Waals surface area contributed by atoms with E-state index in [1.54, 1.807) is 14.2 Å². The standard InChI is InChI=1S/C13H17NO/c1-11(15-3)9-13(14-2)10-12-7-5-4-6-8-12/h4-9H,10H2,1-3H3/b11-9-,14-13?. The Morgan fingerprint density at radius 3 is 2.53 bits per heavy atom. The summed E-state index contributed by atoms with van der Waals surface area (Å²) < 4.78 is 5.10. The fraction of sp³-hybridized carbons (Fsp3) is 0.308. The van der Waals surface area contributed by atoms with E-state index in [9.17, 15) is 0 Å². The fourth-order valence-electron chi connectivity index (χ4n) is 1.29. The van der Waals surface area contributed by atoms with E-state index < -0.39 is 0 Å². The Morgan fingerprint density at radius 1 is 1.33 bits per heavy atom. The largest absolute Gasteiger partial charge is 0.501 e. The van der Waals surface area contributed by atoms with Crippen molar-refractivity contribution in [3.05, 3.63) is 47.7 Å². The molecule has 0 saturated carbocycles. The van der Waals surface area contributed by atoms with Crippen molar-refractivity contribution >= 4 is 5.71 Å². The van der Waals surface area contributed by atoms with E-state index in [-0.39, 0.29) is 0 Å². The molecule has 0 fully saturated rings. The number of hydrogen-bond acceptors (Lipinski definition) is 2. The molecule has 0 N–H and O–H groups in total. The number of nitrogens with zero attached hydrogens (tertiary/aromatic N) is 1. The highest BCUT2D eigenvalue weighted by atomic mass is 16.5. The molecule has 0 spiro atoms. The summed E-state index contributed by atoms with van der Waals surface area (Å²) in [6.45, 7) is 1.93. The molecular weight excluding hydrogens is 186 g/mol. The van der Waals surface area contributed by atoms with Crippen molar-refractivity contribution in [3.8, 4) is 0 Å². The molecule has 0 aliphatic rings. The first-order valence-corrected chi connectivity index (χ1v) is 4.98. The average molecular weight is 203 g/mol. The molecule has 1 rings (SSSR count). The lowest BCUT2D eigenvalue weighted by Crippen LogP contribution is -2.01. The zero-order chi connectivity index (χ0) is 11.1. The molecule has 0 bridgehead atoms. The molecule has 0 aliphatic heterocycles. The Balaban J connectivity index is 2.72. The lowest BCUT2D eigenvalue weighted by molar-refractivity contribution is 0.294. The number of methoxy groups -OCH3 is 1. The topological polar surface area (TPSA) is 21.6 Å². The first kappa shape index (κ1) is 11.5. The number of allylic oxidation sites excluding steroid dienone is 2. The van der Waals surface area contributed by atoms with Gasteiger partial charge in [-0.2, -0.15) is 0 Å². The van der Waals surface area contributed by atoms with Crippen LogP contribution in [0.2, 0.25) is 0 Å². The van der Waals surface area contributed by atoms with Gasteiger partial charge < -0.3 is 4.74 Å². The van der Waals surface area contributed by atoms with Crippen molar-refractivity contribution < 1.29 is 4.74 Å². The molecule has 15 heavy (non-hydrogen) atoms.